The zero-order valence-electron chi connectivity index (χ0n) is 12.4. The average molecular weight is 304 g/mol. The van der Waals surface area contributed by atoms with Crippen LogP contribution >= 0.6 is 0 Å². The zero-order chi connectivity index (χ0) is 16.2. The number of hydrogen-bond acceptors (Lipinski definition) is 2. The van der Waals surface area contributed by atoms with Gasteiger partial charge in [-0.15, -0.1) is 0 Å². The van der Waals surface area contributed by atoms with Gasteiger partial charge in [0.05, 0.1) is 11.2 Å². The van der Waals surface area contributed by atoms with Gasteiger partial charge in [0, 0.05) is 29.6 Å². The van der Waals surface area contributed by atoms with E-state index in [9.17, 15) is 9.18 Å². The highest BCUT2D eigenvalue weighted by molar-refractivity contribution is 6.01. The quantitative estimate of drug-likeness (QED) is 0.696. The topological polar surface area (TPSA) is 42.0 Å². The maximum atomic E-state index is 12.9. The van der Waals surface area contributed by atoms with Crippen molar-refractivity contribution in [3.05, 3.63) is 71.7 Å². The molecule has 112 valence electrons. The molecule has 0 fully saturated rings. The number of halogens is 1. The first-order chi connectivity index (χ1) is 11.1. The Kier molecular flexibility index (Phi) is 4.03. The van der Waals surface area contributed by atoms with Crippen LogP contribution < -0.4 is 5.32 Å². The predicted octanol–water partition coefficient (Wildman–Crippen LogP) is 3.73. The van der Waals surface area contributed by atoms with Crippen LogP contribution in [-0.4, -0.2) is 10.9 Å². The molecule has 0 aliphatic heterocycles. The second kappa shape index (κ2) is 6.29. The van der Waals surface area contributed by atoms with Crippen LogP contribution in [0, 0.1) is 17.7 Å². The molecule has 1 aromatic heterocycles. The molecule has 0 saturated heterocycles. The molecule has 0 saturated carbocycles. The highest BCUT2D eigenvalue weighted by atomic mass is 19.1. The van der Waals surface area contributed by atoms with Gasteiger partial charge in [-0.25, -0.2) is 4.39 Å². The van der Waals surface area contributed by atoms with E-state index >= 15 is 0 Å². The summed E-state index contributed by atoms with van der Waals surface area (Å²) >= 11 is 0. The molecule has 0 aliphatic carbocycles. The standard InChI is InChI=1S/C19H13FN2O/c1-13(23)22-18-11-8-15(17-3-2-12-21-19(17)18)7-4-14-5-9-16(20)10-6-14/h2-3,5-6,8-12H,1H3,(H,22,23). The zero-order valence-corrected chi connectivity index (χ0v) is 12.4. The fourth-order valence-electron chi connectivity index (χ4n) is 2.24. The molecule has 3 aromatic rings. The van der Waals surface area contributed by atoms with Crippen LogP contribution in [0.4, 0.5) is 10.1 Å². The van der Waals surface area contributed by atoms with E-state index in [0.717, 1.165) is 16.5 Å². The molecule has 0 spiro atoms. The highest BCUT2D eigenvalue weighted by Gasteiger charge is 2.06. The van der Waals surface area contributed by atoms with Gasteiger partial charge in [0.25, 0.3) is 0 Å². The van der Waals surface area contributed by atoms with E-state index in [1.54, 1.807) is 24.4 Å². The van der Waals surface area contributed by atoms with Gasteiger partial charge < -0.3 is 5.32 Å². The first kappa shape index (κ1) is 14.7. The van der Waals surface area contributed by atoms with Crippen molar-refractivity contribution in [3.63, 3.8) is 0 Å². The van der Waals surface area contributed by atoms with E-state index < -0.39 is 0 Å². The summed E-state index contributed by atoms with van der Waals surface area (Å²) in [6.45, 7) is 1.46. The number of amides is 1. The Balaban J connectivity index is 2.06. The van der Waals surface area contributed by atoms with Crippen LogP contribution in [0.2, 0.25) is 0 Å². The molecular formula is C19H13FN2O. The number of nitrogens with zero attached hydrogens (tertiary/aromatic N) is 1. The van der Waals surface area contributed by atoms with E-state index in [2.05, 4.69) is 22.1 Å². The molecule has 23 heavy (non-hydrogen) atoms. The molecule has 3 rings (SSSR count). The van der Waals surface area contributed by atoms with Crippen LogP contribution in [0.5, 0.6) is 0 Å². The van der Waals surface area contributed by atoms with Crippen molar-refractivity contribution in [3.8, 4) is 11.8 Å². The molecule has 0 atom stereocenters. The van der Waals surface area contributed by atoms with Gasteiger partial charge in [-0.3, -0.25) is 9.78 Å². The molecule has 0 aliphatic rings. The van der Waals surface area contributed by atoms with Crippen molar-refractivity contribution in [1.29, 1.82) is 0 Å². The van der Waals surface area contributed by atoms with Crippen LogP contribution in [0.25, 0.3) is 10.9 Å². The third-order valence-electron chi connectivity index (χ3n) is 3.27. The number of fused-ring (bicyclic) bond motifs is 1. The van der Waals surface area contributed by atoms with Crippen molar-refractivity contribution >= 4 is 22.5 Å². The molecule has 1 heterocycles. The second-order valence-corrected chi connectivity index (χ2v) is 5.00. The van der Waals surface area contributed by atoms with E-state index in [-0.39, 0.29) is 11.7 Å². The Labute approximate surface area is 133 Å². The summed E-state index contributed by atoms with van der Waals surface area (Å²) in [6.07, 6.45) is 1.67. The molecule has 2 aromatic carbocycles. The fraction of sp³-hybridized carbons (Fsp3) is 0.0526. The number of carbonyl (C=O) groups excluding carboxylic acids is 1. The van der Waals surface area contributed by atoms with Crippen LogP contribution in [0.15, 0.2) is 54.7 Å². The third-order valence-corrected chi connectivity index (χ3v) is 3.27. The monoisotopic (exact) mass is 304 g/mol. The summed E-state index contributed by atoms with van der Waals surface area (Å²) < 4.78 is 12.9. The van der Waals surface area contributed by atoms with E-state index in [1.165, 1.54) is 19.1 Å². The van der Waals surface area contributed by atoms with Crippen molar-refractivity contribution in [1.82, 2.24) is 4.98 Å². The number of aromatic nitrogens is 1. The van der Waals surface area contributed by atoms with Crippen LogP contribution in [0.1, 0.15) is 18.1 Å². The lowest BCUT2D eigenvalue weighted by atomic mass is 10.1. The first-order valence-corrected chi connectivity index (χ1v) is 7.06. The van der Waals surface area contributed by atoms with Gasteiger partial charge in [-0.1, -0.05) is 11.8 Å². The molecular weight excluding hydrogens is 291 g/mol. The summed E-state index contributed by atoms with van der Waals surface area (Å²) in [7, 11) is 0. The lowest BCUT2D eigenvalue weighted by Gasteiger charge is -2.07. The number of benzene rings is 2. The Bertz CT molecular complexity index is 937. The highest BCUT2D eigenvalue weighted by Crippen LogP contribution is 2.24. The predicted molar refractivity (Wildman–Crippen MR) is 88.4 cm³/mol. The smallest absolute Gasteiger partial charge is 0.221 e. The van der Waals surface area contributed by atoms with Gasteiger partial charge in [-0.2, -0.15) is 0 Å². The van der Waals surface area contributed by atoms with Crippen molar-refractivity contribution in [2.45, 2.75) is 6.92 Å². The van der Waals surface area contributed by atoms with Crippen molar-refractivity contribution in [2.75, 3.05) is 5.32 Å². The largest absolute Gasteiger partial charge is 0.324 e. The molecule has 4 heteroatoms. The number of hydrogen-bond donors (Lipinski definition) is 1. The summed E-state index contributed by atoms with van der Waals surface area (Å²) in [5.41, 5.74) is 2.87. The van der Waals surface area contributed by atoms with E-state index in [0.29, 0.717) is 11.2 Å². The number of pyridine rings is 1. The lowest BCUT2D eigenvalue weighted by molar-refractivity contribution is -0.114. The Hall–Kier alpha value is -3.19. The average Bonchev–Trinajstić information content (AvgIpc) is 2.55. The summed E-state index contributed by atoms with van der Waals surface area (Å²) in [5, 5.41) is 3.62. The third kappa shape index (κ3) is 3.35. The Morgan fingerprint density at radius 2 is 1.87 bits per heavy atom. The van der Waals surface area contributed by atoms with E-state index in [4.69, 9.17) is 0 Å². The molecule has 0 radical (unpaired) electrons. The van der Waals surface area contributed by atoms with Crippen molar-refractivity contribution < 1.29 is 9.18 Å². The molecule has 3 nitrogen and oxygen atoms in total. The maximum absolute atomic E-state index is 12.9. The van der Waals surface area contributed by atoms with Gasteiger partial charge in [0.15, 0.2) is 0 Å². The van der Waals surface area contributed by atoms with Crippen LogP contribution in [0.3, 0.4) is 0 Å². The van der Waals surface area contributed by atoms with Gasteiger partial charge in [-0.05, 0) is 48.5 Å². The van der Waals surface area contributed by atoms with Gasteiger partial charge in [0.1, 0.15) is 5.82 Å². The minimum Gasteiger partial charge on any atom is -0.324 e. The van der Waals surface area contributed by atoms with Gasteiger partial charge >= 0.3 is 0 Å². The fourth-order valence-corrected chi connectivity index (χ4v) is 2.24. The summed E-state index contributed by atoms with van der Waals surface area (Å²) in [4.78, 5) is 15.6. The van der Waals surface area contributed by atoms with Crippen LogP contribution in [-0.2, 0) is 4.79 Å². The Morgan fingerprint density at radius 3 is 2.61 bits per heavy atom. The number of anilines is 1. The molecule has 1 amide bonds. The summed E-state index contributed by atoms with van der Waals surface area (Å²) in [6, 6.07) is 13.4. The summed E-state index contributed by atoms with van der Waals surface area (Å²) in [5.74, 6) is 5.65. The number of rotatable bonds is 1. The second-order valence-electron chi connectivity index (χ2n) is 5.00. The molecule has 0 unspecified atom stereocenters. The van der Waals surface area contributed by atoms with E-state index in [1.807, 2.05) is 18.2 Å². The SMILES string of the molecule is CC(=O)Nc1ccc(C#Cc2ccc(F)cc2)c2cccnc12. The normalized spacial score (nSPS) is 10.0. The minimum absolute atomic E-state index is 0.151. The molecule has 1 N–H and O–H groups in total. The van der Waals surface area contributed by atoms with Gasteiger partial charge in [0.2, 0.25) is 5.91 Å². The Morgan fingerprint density at radius 1 is 1.09 bits per heavy atom. The molecule has 0 bridgehead atoms. The van der Waals surface area contributed by atoms with Crippen molar-refractivity contribution in [2.24, 2.45) is 0 Å². The maximum Gasteiger partial charge on any atom is 0.221 e. The minimum atomic E-state index is -0.287. The number of nitrogens with one attached hydrogen (secondary N) is 1. The lowest BCUT2D eigenvalue weighted by Crippen LogP contribution is -2.06. The number of carbonyl (C=O) groups is 1. The first-order valence-electron chi connectivity index (χ1n) is 7.06.